The zero-order valence-electron chi connectivity index (χ0n) is 37.1. The lowest BCUT2D eigenvalue weighted by Crippen LogP contribution is -2.28. The van der Waals surface area contributed by atoms with Crippen LogP contribution in [0.15, 0.2) is 72.8 Å². The predicted octanol–water partition coefficient (Wildman–Crippen LogP) is 16.7. The van der Waals surface area contributed by atoms with Crippen molar-refractivity contribution < 1.29 is 27.8 Å². The van der Waals surface area contributed by atoms with Crippen LogP contribution in [0.3, 0.4) is 0 Å². The number of benzene rings is 4. The Morgan fingerprint density at radius 1 is 0.650 bits per heavy atom. The Hall–Kier alpha value is -3.74. The van der Waals surface area contributed by atoms with Crippen LogP contribution in [-0.4, -0.2) is 30.4 Å². The maximum atomic E-state index is 12.1. The van der Waals surface area contributed by atoms with Crippen LogP contribution in [0, 0.1) is 0 Å². The van der Waals surface area contributed by atoms with Gasteiger partial charge < -0.3 is 15.2 Å². The van der Waals surface area contributed by atoms with Gasteiger partial charge >= 0.3 is 12.1 Å². The number of anilines is 1. The molecular formula is C53H76F3NO3. The van der Waals surface area contributed by atoms with E-state index in [4.69, 9.17) is 9.84 Å². The van der Waals surface area contributed by atoms with Crippen molar-refractivity contribution in [3.63, 3.8) is 0 Å². The number of ether oxygens (including phenoxy) is 1. The Morgan fingerprint density at radius 3 is 1.83 bits per heavy atom. The summed E-state index contributed by atoms with van der Waals surface area (Å²) in [5.41, 5.74) is 4.39. The first-order valence-corrected chi connectivity index (χ1v) is 23.8. The third kappa shape index (κ3) is 18.1. The molecule has 7 heteroatoms. The lowest BCUT2D eigenvalue weighted by Gasteiger charge is -2.36. The Morgan fingerprint density at radius 2 is 1.20 bits per heavy atom. The first-order chi connectivity index (χ1) is 29.1. The summed E-state index contributed by atoms with van der Waals surface area (Å²) in [5, 5.41) is 17.9. The summed E-state index contributed by atoms with van der Waals surface area (Å²) in [6, 6.07) is 26.3. The third-order valence-electron chi connectivity index (χ3n) is 12.4. The van der Waals surface area contributed by atoms with E-state index in [-0.39, 0.29) is 11.8 Å². The molecule has 2 N–H and O–H groups in total. The zero-order chi connectivity index (χ0) is 42.9. The van der Waals surface area contributed by atoms with Crippen LogP contribution in [-0.2, 0) is 16.6 Å². The minimum absolute atomic E-state index is 0.212. The maximum Gasteiger partial charge on any atom is 0.389 e. The van der Waals surface area contributed by atoms with Crippen LogP contribution in [0.2, 0.25) is 0 Å². The topological polar surface area (TPSA) is 58.6 Å². The van der Waals surface area contributed by atoms with Crippen molar-refractivity contribution in [1.29, 1.82) is 0 Å². The Kier molecular flexibility index (Phi) is 22.2. The number of halogens is 3. The average Bonchev–Trinajstić information content (AvgIpc) is 3.23. The van der Waals surface area contributed by atoms with Crippen LogP contribution in [0.5, 0.6) is 5.75 Å². The molecule has 0 amide bonds. The van der Waals surface area contributed by atoms with Gasteiger partial charge in [0.05, 0.1) is 6.61 Å². The van der Waals surface area contributed by atoms with Gasteiger partial charge in [-0.3, -0.25) is 4.79 Å². The zero-order valence-corrected chi connectivity index (χ0v) is 37.1. The molecule has 0 spiro atoms. The van der Waals surface area contributed by atoms with Crippen molar-refractivity contribution in [3.05, 3.63) is 83.9 Å². The molecule has 332 valence electrons. The second-order valence-electron chi connectivity index (χ2n) is 17.7. The number of unbranched alkanes of at least 4 members (excludes halogenated alkanes) is 19. The molecular weight excluding hydrogens is 756 g/mol. The van der Waals surface area contributed by atoms with Gasteiger partial charge in [-0.25, -0.2) is 0 Å². The lowest BCUT2D eigenvalue weighted by molar-refractivity contribution is -0.137. The van der Waals surface area contributed by atoms with Gasteiger partial charge in [0, 0.05) is 25.1 Å². The number of carboxylic acids is 1. The van der Waals surface area contributed by atoms with Crippen molar-refractivity contribution >= 4 is 33.2 Å². The van der Waals surface area contributed by atoms with Crippen molar-refractivity contribution in [2.75, 3.05) is 18.5 Å². The van der Waals surface area contributed by atoms with Crippen LogP contribution in [0.1, 0.15) is 185 Å². The minimum Gasteiger partial charge on any atom is -0.494 e. The highest BCUT2D eigenvalue weighted by molar-refractivity contribution is 6.12. The maximum absolute atomic E-state index is 12.1. The number of hydrogen-bond donors (Lipinski definition) is 2. The smallest absolute Gasteiger partial charge is 0.389 e. The van der Waals surface area contributed by atoms with Crippen molar-refractivity contribution in [1.82, 2.24) is 0 Å². The fourth-order valence-electron chi connectivity index (χ4n) is 8.96. The summed E-state index contributed by atoms with van der Waals surface area (Å²) in [6.07, 6.45) is 22.8. The summed E-state index contributed by atoms with van der Waals surface area (Å²) in [7, 11) is 0. The predicted molar refractivity (Wildman–Crippen MR) is 248 cm³/mol. The highest BCUT2D eigenvalue weighted by atomic mass is 19.4. The number of carboxylic acid groups (broad SMARTS) is 1. The molecule has 1 aliphatic rings. The normalized spacial score (nSPS) is 14.7. The molecule has 1 aliphatic carbocycles. The van der Waals surface area contributed by atoms with Gasteiger partial charge in [-0.05, 0) is 101 Å². The number of carbonyl (C=O) groups is 1. The number of alkyl halides is 3. The Labute approximate surface area is 360 Å². The van der Waals surface area contributed by atoms with Gasteiger partial charge in [-0.15, -0.1) is 0 Å². The van der Waals surface area contributed by atoms with Crippen molar-refractivity contribution in [2.24, 2.45) is 0 Å². The molecule has 1 atom stereocenters. The first-order valence-electron chi connectivity index (χ1n) is 23.8. The molecule has 5 rings (SSSR count). The summed E-state index contributed by atoms with van der Waals surface area (Å²) in [4.78, 5) is 10.6. The number of hydrogen-bond acceptors (Lipinski definition) is 3. The fraction of sp³-hybridized carbons (Fsp3) is 0.604. The number of nitrogens with one attached hydrogen (secondary N) is 1. The van der Waals surface area contributed by atoms with Crippen LogP contribution >= 0.6 is 0 Å². The Balaban J connectivity index is 0.000000265. The first kappa shape index (κ1) is 48.9. The monoisotopic (exact) mass is 832 g/mol. The van der Waals surface area contributed by atoms with Crippen LogP contribution < -0.4 is 10.1 Å². The van der Waals surface area contributed by atoms with E-state index in [9.17, 15) is 18.0 Å². The van der Waals surface area contributed by atoms with Gasteiger partial charge in [0.25, 0.3) is 0 Å². The fourth-order valence-corrected chi connectivity index (χ4v) is 8.96. The summed E-state index contributed by atoms with van der Waals surface area (Å²) >= 11 is 0. The van der Waals surface area contributed by atoms with E-state index in [0.717, 1.165) is 69.3 Å². The molecule has 0 aromatic heterocycles. The SMILES string of the molecule is CC1(CCCCCCCCCC(=O)O)Cc2cccc3ccc4cccc1c4c23.CCCCCCCCCCNc1ccc(OCCCCCCCCCC(F)(F)F)cc1. The van der Waals surface area contributed by atoms with Gasteiger partial charge in [0.15, 0.2) is 0 Å². The molecule has 4 aromatic carbocycles. The average molecular weight is 832 g/mol. The summed E-state index contributed by atoms with van der Waals surface area (Å²) in [5.74, 6) is 0.225. The third-order valence-corrected chi connectivity index (χ3v) is 12.4. The standard InChI is InChI=1S/C27H32O2.C26H44F3NO/c1-27(18-8-6-4-2-3-5-7-15-24(28)29)19-22-13-9-11-20-16-17-21-12-10-14-23(27)26(21)25(20)22;1-2-3-4-5-6-9-12-15-22-30-24-17-19-25(20-18-24)31-23-16-13-10-7-8-11-14-21-26(27,28)29/h9-14,16-17H,2-8,15,18-19H2,1H3,(H,28,29);17-20,30H,2-16,21-23H2,1H3. The van der Waals surface area contributed by atoms with E-state index in [1.54, 1.807) is 0 Å². The highest BCUT2D eigenvalue weighted by Gasteiger charge is 2.33. The van der Waals surface area contributed by atoms with E-state index in [2.05, 4.69) is 79.8 Å². The molecule has 4 aromatic rings. The molecule has 0 saturated heterocycles. The van der Waals surface area contributed by atoms with E-state index >= 15 is 0 Å². The Bertz CT molecular complexity index is 1790. The summed E-state index contributed by atoms with van der Waals surface area (Å²) in [6.45, 7) is 6.43. The van der Waals surface area contributed by atoms with Crippen LogP contribution in [0.25, 0.3) is 21.5 Å². The number of rotatable bonds is 30. The number of aliphatic carboxylic acids is 1. The summed E-state index contributed by atoms with van der Waals surface area (Å²) < 4.78 is 41.9. The van der Waals surface area contributed by atoms with E-state index in [0.29, 0.717) is 19.4 Å². The lowest BCUT2D eigenvalue weighted by atomic mass is 9.67. The van der Waals surface area contributed by atoms with E-state index in [1.165, 1.54) is 123 Å². The van der Waals surface area contributed by atoms with Crippen molar-refractivity contribution in [3.8, 4) is 5.75 Å². The van der Waals surface area contributed by atoms with Gasteiger partial charge in [0.1, 0.15) is 5.75 Å². The molecule has 60 heavy (non-hydrogen) atoms. The minimum atomic E-state index is -4.00. The highest BCUT2D eigenvalue weighted by Crippen LogP contribution is 2.46. The van der Waals surface area contributed by atoms with E-state index in [1.807, 2.05) is 12.1 Å². The molecule has 0 radical (unpaired) electrons. The van der Waals surface area contributed by atoms with Gasteiger partial charge in [-0.2, -0.15) is 13.2 Å². The quantitative estimate of drug-likeness (QED) is 0.0406. The second-order valence-corrected chi connectivity index (χ2v) is 17.7. The van der Waals surface area contributed by atoms with Gasteiger partial charge in [0.2, 0.25) is 0 Å². The molecule has 1 unspecified atom stereocenters. The molecule has 0 aliphatic heterocycles. The largest absolute Gasteiger partial charge is 0.494 e. The van der Waals surface area contributed by atoms with Crippen LogP contribution in [0.4, 0.5) is 18.9 Å². The molecule has 0 bridgehead atoms. The van der Waals surface area contributed by atoms with Crippen molar-refractivity contribution in [2.45, 2.75) is 192 Å². The molecule has 0 saturated carbocycles. The molecule has 0 fully saturated rings. The second kappa shape index (κ2) is 27.3. The molecule has 0 heterocycles. The van der Waals surface area contributed by atoms with Gasteiger partial charge in [-0.1, -0.05) is 178 Å². The molecule has 4 nitrogen and oxygen atoms in total. The van der Waals surface area contributed by atoms with E-state index < -0.39 is 18.6 Å².